The Morgan fingerprint density at radius 3 is 2.90 bits per heavy atom. The van der Waals surface area contributed by atoms with Gasteiger partial charge in [0.15, 0.2) is 0 Å². The number of nitrogens with zero attached hydrogens (tertiary/aromatic N) is 1. The van der Waals surface area contributed by atoms with Gasteiger partial charge in [-0.3, -0.25) is 4.79 Å². The van der Waals surface area contributed by atoms with Crippen LogP contribution in [-0.2, 0) is 0 Å². The Bertz CT molecular complexity index is 465. The van der Waals surface area contributed by atoms with Crippen LogP contribution in [0.3, 0.4) is 0 Å². The summed E-state index contributed by atoms with van der Waals surface area (Å²) < 4.78 is 13.5. The van der Waals surface area contributed by atoms with Gasteiger partial charge in [0.25, 0.3) is 5.91 Å². The number of rotatable bonds is 3. The van der Waals surface area contributed by atoms with E-state index < -0.39 is 0 Å². The van der Waals surface area contributed by atoms with Crippen LogP contribution in [0.25, 0.3) is 0 Å². The van der Waals surface area contributed by atoms with Crippen LogP contribution in [0.15, 0.2) is 18.2 Å². The number of likely N-dealkylation sites (tertiary alicyclic amines) is 1. The SMILES string of the molecule is Cc1ccc(C(=O)N2CCCC(CCN)C2)cc1F.Cl. The predicted octanol–water partition coefficient (Wildman–Crippen LogP) is 2.76. The van der Waals surface area contributed by atoms with Crippen LogP contribution >= 0.6 is 12.4 Å². The fraction of sp³-hybridized carbons (Fsp3) is 0.533. The van der Waals surface area contributed by atoms with Crippen molar-refractivity contribution in [3.05, 3.63) is 35.1 Å². The van der Waals surface area contributed by atoms with Crippen molar-refractivity contribution in [3.8, 4) is 0 Å². The third kappa shape index (κ3) is 3.93. The summed E-state index contributed by atoms with van der Waals surface area (Å²) >= 11 is 0. The lowest BCUT2D eigenvalue weighted by atomic mass is 9.94. The number of carbonyl (C=O) groups excluding carboxylic acids is 1. The third-order valence-electron chi connectivity index (χ3n) is 3.80. The summed E-state index contributed by atoms with van der Waals surface area (Å²) in [6.07, 6.45) is 3.08. The van der Waals surface area contributed by atoms with Gasteiger partial charge in [-0.2, -0.15) is 0 Å². The summed E-state index contributed by atoms with van der Waals surface area (Å²) in [5, 5.41) is 0. The van der Waals surface area contributed by atoms with Crippen LogP contribution in [-0.4, -0.2) is 30.4 Å². The van der Waals surface area contributed by atoms with Gasteiger partial charge in [0.1, 0.15) is 5.82 Å². The first kappa shape index (κ1) is 16.9. The molecule has 0 bridgehead atoms. The van der Waals surface area contributed by atoms with Crippen molar-refractivity contribution < 1.29 is 9.18 Å². The fourth-order valence-corrected chi connectivity index (χ4v) is 2.63. The topological polar surface area (TPSA) is 46.3 Å². The van der Waals surface area contributed by atoms with E-state index in [9.17, 15) is 9.18 Å². The molecule has 20 heavy (non-hydrogen) atoms. The summed E-state index contributed by atoms with van der Waals surface area (Å²) in [6, 6.07) is 4.70. The number of hydrogen-bond donors (Lipinski definition) is 1. The van der Waals surface area contributed by atoms with Gasteiger partial charge in [-0.05, 0) is 56.3 Å². The highest BCUT2D eigenvalue weighted by molar-refractivity contribution is 5.94. The Balaban J connectivity index is 0.00000200. The Morgan fingerprint density at radius 1 is 1.50 bits per heavy atom. The molecule has 1 amide bonds. The van der Waals surface area contributed by atoms with Gasteiger partial charge in [0.2, 0.25) is 0 Å². The zero-order valence-electron chi connectivity index (χ0n) is 11.8. The maximum atomic E-state index is 13.5. The lowest BCUT2D eigenvalue weighted by Crippen LogP contribution is -2.40. The number of aryl methyl sites for hydroxylation is 1. The minimum absolute atomic E-state index is 0. The van der Waals surface area contributed by atoms with Crippen molar-refractivity contribution in [1.82, 2.24) is 4.90 Å². The van der Waals surface area contributed by atoms with E-state index in [0.717, 1.165) is 32.4 Å². The summed E-state index contributed by atoms with van der Waals surface area (Å²) in [4.78, 5) is 14.2. The number of benzene rings is 1. The van der Waals surface area contributed by atoms with Gasteiger partial charge in [-0.25, -0.2) is 4.39 Å². The normalized spacial score (nSPS) is 18.6. The fourth-order valence-electron chi connectivity index (χ4n) is 2.63. The summed E-state index contributed by atoms with van der Waals surface area (Å²) in [6.45, 7) is 3.86. The van der Waals surface area contributed by atoms with Crippen molar-refractivity contribution in [2.24, 2.45) is 11.7 Å². The minimum Gasteiger partial charge on any atom is -0.338 e. The Hall–Kier alpha value is -1.13. The van der Waals surface area contributed by atoms with Gasteiger partial charge < -0.3 is 10.6 Å². The molecule has 1 saturated heterocycles. The van der Waals surface area contributed by atoms with E-state index in [0.29, 0.717) is 23.6 Å². The molecule has 112 valence electrons. The predicted molar refractivity (Wildman–Crippen MR) is 80.7 cm³/mol. The molecule has 5 heteroatoms. The molecule has 0 spiro atoms. The van der Waals surface area contributed by atoms with Crippen molar-refractivity contribution in [2.45, 2.75) is 26.2 Å². The quantitative estimate of drug-likeness (QED) is 0.933. The van der Waals surface area contributed by atoms with Crippen molar-refractivity contribution in [1.29, 1.82) is 0 Å². The molecular weight excluding hydrogens is 279 g/mol. The molecule has 0 aliphatic carbocycles. The van der Waals surface area contributed by atoms with E-state index in [-0.39, 0.29) is 24.1 Å². The molecule has 0 radical (unpaired) electrons. The van der Waals surface area contributed by atoms with Crippen LogP contribution in [0.2, 0.25) is 0 Å². The lowest BCUT2D eigenvalue weighted by molar-refractivity contribution is 0.0669. The molecule has 0 aromatic heterocycles. The number of hydrogen-bond acceptors (Lipinski definition) is 2. The Labute approximate surface area is 125 Å². The van der Waals surface area contributed by atoms with E-state index in [1.54, 1.807) is 19.1 Å². The molecule has 3 nitrogen and oxygen atoms in total. The molecule has 1 fully saturated rings. The molecular formula is C15H22ClFN2O. The van der Waals surface area contributed by atoms with Crippen LogP contribution in [0.5, 0.6) is 0 Å². The van der Waals surface area contributed by atoms with Gasteiger partial charge in [0, 0.05) is 18.7 Å². The van der Waals surface area contributed by atoms with Gasteiger partial charge in [0.05, 0.1) is 0 Å². The average Bonchev–Trinajstić information content (AvgIpc) is 2.42. The van der Waals surface area contributed by atoms with Crippen LogP contribution < -0.4 is 5.73 Å². The number of amides is 1. The number of nitrogens with two attached hydrogens (primary N) is 1. The third-order valence-corrected chi connectivity index (χ3v) is 3.80. The molecule has 1 atom stereocenters. The molecule has 1 aliphatic heterocycles. The monoisotopic (exact) mass is 300 g/mol. The van der Waals surface area contributed by atoms with Crippen LogP contribution in [0, 0.1) is 18.7 Å². The largest absolute Gasteiger partial charge is 0.338 e. The van der Waals surface area contributed by atoms with E-state index in [4.69, 9.17) is 5.73 Å². The number of carbonyl (C=O) groups is 1. The van der Waals surface area contributed by atoms with E-state index in [1.807, 2.05) is 4.90 Å². The highest BCUT2D eigenvalue weighted by Crippen LogP contribution is 2.21. The van der Waals surface area contributed by atoms with Crippen molar-refractivity contribution in [3.63, 3.8) is 0 Å². The second-order valence-electron chi connectivity index (χ2n) is 5.30. The molecule has 1 aromatic carbocycles. The number of halogens is 2. The lowest BCUT2D eigenvalue weighted by Gasteiger charge is -2.32. The zero-order valence-corrected chi connectivity index (χ0v) is 12.6. The maximum absolute atomic E-state index is 13.5. The van der Waals surface area contributed by atoms with E-state index in [2.05, 4.69) is 0 Å². The van der Waals surface area contributed by atoms with Crippen LogP contribution in [0.1, 0.15) is 35.2 Å². The van der Waals surface area contributed by atoms with Crippen molar-refractivity contribution in [2.75, 3.05) is 19.6 Å². The standard InChI is InChI=1S/C15H21FN2O.ClH/c1-11-4-5-13(9-14(11)16)15(19)18-8-2-3-12(10-18)6-7-17;/h4-5,9,12H,2-3,6-8,10,17H2,1H3;1H. The second-order valence-corrected chi connectivity index (χ2v) is 5.30. The molecule has 1 unspecified atom stereocenters. The Kier molecular flexibility index (Phi) is 6.43. The first-order chi connectivity index (χ1) is 9.11. The smallest absolute Gasteiger partial charge is 0.253 e. The van der Waals surface area contributed by atoms with Crippen molar-refractivity contribution >= 4 is 18.3 Å². The first-order valence-corrected chi connectivity index (χ1v) is 6.87. The molecule has 2 N–H and O–H groups in total. The molecule has 2 rings (SSSR count). The number of piperidine rings is 1. The summed E-state index contributed by atoms with van der Waals surface area (Å²) in [5.41, 5.74) is 6.58. The van der Waals surface area contributed by atoms with Gasteiger partial charge in [-0.1, -0.05) is 6.07 Å². The second kappa shape index (κ2) is 7.60. The highest BCUT2D eigenvalue weighted by Gasteiger charge is 2.24. The zero-order chi connectivity index (χ0) is 13.8. The highest BCUT2D eigenvalue weighted by atomic mass is 35.5. The maximum Gasteiger partial charge on any atom is 0.253 e. The van der Waals surface area contributed by atoms with Gasteiger partial charge >= 0.3 is 0 Å². The van der Waals surface area contributed by atoms with Gasteiger partial charge in [-0.15, -0.1) is 12.4 Å². The average molecular weight is 301 g/mol. The first-order valence-electron chi connectivity index (χ1n) is 6.87. The minimum atomic E-state index is -0.318. The van der Waals surface area contributed by atoms with Crippen LogP contribution in [0.4, 0.5) is 4.39 Å². The van der Waals surface area contributed by atoms with E-state index >= 15 is 0 Å². The summed E-state index contributed by atoms with van der Waals surface area (Å²) in [7, 11) is 0. The molecule has 1 heterocycles. The molecule has 1 aliphatic rings. The molecule has 1 aromatic rings. The van der Waals surface area contributed by atoms with E-state index in [1.165, 1.54) is 6.07 Å². The Morgan fingerprint density at radius 2 is 2.25 bits per heavy atom. The summed E-state index contributed by atoms with van der Waals surface area (Å²) in [5.74, 6) is 0.0972. The molecule has 0 saturated carbocycles.